The van der Waals surface area contributed by atoms with Crippen molar-refractivity contribution >= 4 is 43.5 Å². The van der Waals surface area contributed by atoms with E-state index in [9.17, 15) is 22.4 Å². The molecule has 7 nitrogen and oxygen atoms in total. The molecule has 0 bridgehead atoms. The molecule has 1 N–H and O–H groups in total. The molecule has 0 aromatic heterocycles. The van der Waals surface area contributed by atoms with E-state index < -0.39 is 34.3 Å². The highest BCUT2D eigenvalue weighted by Gasteiger charge is 2.33. The van der Waals surface area contributed by atoms with Gasteiger partial charge < -0.3 is 10.2 Å². The number of nitrogens with zero attached hydrogens (tertiary/aromatic N) is 2. The summed E-state index contributed by atoms with van der Waals surface area (Å²) in [7, 11) is -3.81. The number of halogens is 2. The Morgan fingerprint density at radius 1 is 1.14 bits per heavy atom. The van der Waals surface area contributed by atoms with Gasteiger partial charge in [-0.1, -0.05) is 47.8 Å². The van der Waals surface area contributed by atoms with Crippen LogP contribution in [0.1, 0.15) is 50.2 Å². The highest BCUT2D eigenvalue weighted by molar-refractivity contribution is 9.10. The molecule has 2 aromatic carbocycles. The maximum Gasteiger partial charge on any atom is 0.244 e. The predicted molar refractivity (Wildman–Crippen MR) is 142 cm³/mol. The molecule has 0 radical (unpaired) electrons. The van der Waals surface area contributed by atoms with Crippen molar-refractivity contribution in [3.8, 4) is 0 Å². The SMILES string of the molecule is CCC(C(=O)NC1CCCC1)N(Cc1ccc(F)cc1)C(=O)CN(c1ccc(Br)c(C)c1)S(C)(=O)=O. The second-order valence-corrected chi connectivity index (χ2v) is 12.0. The molecule has 2 amide bonds. The maximum absolute atomic E-state index is 13.7. The number of carbonyl (C=O) groups excluding carboxylic acids is 2. The Bertz CT molecular complexity index is 1180. The molecule has 1 aliphatic carbocycles. The zero-order valence-electron chi connectivity index (χ0n) is 20.8. The lowest BCUT2D eigenvalue weighted by Gasteiger charge is -2.33. The number of hydrogen-bond donors (Lipinski definition) is 1. The first kappa shape index (κ1) is 28.1. The van der Waals surface area contributed by atoms with Crippen molar-refractivity contribution in [1.82, 2.24) is 10.2 Å². The summed E-state index contributed by atoms with van der Waals surface area (Å²) in [4.78, 5) is 28.4. The summed E-state index contributed by atoms with van der Waals surface area (Å²) in [6.45, 7) is 3.23. The number of rotatable bonds is 10. The van der Waals surface area contributed by atoms with Crippen LogP contribution < -0.4 is 9.62 Å². The number of hydrogen-bond acceptors (Lipinski definition) is 4. The molecular weight excluding hydrogens is 549 g/mol. The number of sulfonamides is 1. The molecular formula is C26H33BrFN3O4S. The van der Waals surface area contributed by atoms with E-state index >= 15 is 0 Å². The third kappa shape index (κ3) is 7.29. The molecule has 1 fully saturated rings. The molecule has 1 atom stereocenters. The Morgan fingerprint density at radius 2 is 1.78 bits per heavy atom. The summed E-state index contributed by atoms with van der Waals surface area (Å²) in [5, 5.41) is 3.06. The van der Waals surface area contributed by atoms with Gasteiger partial charge in [-0.2, -0.15) is 0 Å². The first-order chi connectivity index (χ1) is 17.0. The Labute approximate surface area is 221 Å². The molecule has 0 spiro atoms. The first-order valence-electron chi connectivity index (χ1n) is 12.1. The standard InChI is InChI=1S/C26H33BrFN3O4S/c1-4-24(26(33)29-21-7-5-6-8-21)30(16-19-9-11-20(28)12-10-19)25(32)17-31(36(3,34)35)22-13-14-23(27)18(2)15-22/h9-15,21,24H,4-8,16-17H2,1-3H3,(H,29,33). The van der Waals surface area contributed by atoms with Gasteiger partial charge in [0.15, 0.2) is 0 Å². The lowest BCUT2D eigenvalue weighted by molar-refractivity contribution is -0.140. The normalized spacial score (nSPS) is 14.9. The average molecular weight is 583 g/mol. The van der Waals surface area contributed by atoms with Crippen LogP contribution in [0.25, 0.3) is 0 Å². The van der Waals surface area contributed by atoms with E-state index in [4.69, 9.17) is 0 Å². The fourth-order valence-electron chi connectivity index (χ4n) is 4.47. The van der Waals surface area contributed by atoms with E-state index in [1.54, 1.807) is 30.3 Å². The van der Waals surface area contributed by atoms with Gasteiger partial charge in [0, 0.05) is 17.1 Å². The topological polar surface area (TPSA) is 86.8 Å². The van der Waals surface area contributed by atoms with E-state index in [2.05, 4.69) is 21.2 Å². The minimum absolute atomic E-state index is 0.0483. The third-order valence-corrected chi connectivity index (χ3v) is 8.49. The quantitative estimate of drug-likeness (QED) is 0.446. The molecule has 3 rings (SSSR count). The maximum atomic E-state index is 13.7. The fourth-order valence-corrected chi connectivity index (χ4v) is 5.56. The van der Waals surface area contributed by atoms with Gasteiger partial charge in [-0.3, -0.25) is 13.9 Å². The zero-order valence-corrected chi connectivity index (χ0v) is 23.2. The number of carbonyl (C=O) groups is 2. The molecule has 0 aliphatic heterocycles. The lowest BCUT2D eigenvalue weighted by atomic mass is 10.1. The molecule has 1 unspecified atom stereocenters. The van der Waals surface area contributed by atoms with Gasteiger partial charge in [0.1, 0.15) is 18.4 Å². The zero-order chi connectivity index (χ0) is 26.5. The van der Waals surface area contributed by atoms with Crippen LogP contribution >= 0.6 is 15.9 Å². The largest absolute Gasteiger partial charge is 0.352 e. The molecule has 0 heterocycles. The van der Waals surface area contributed by atoms with Crippen molar-refractivity contribution in [2.45, 2.75) is 64.6 Å². The van der Waals surface area contributed by atoms with E-state index in [1.165, 1.54) is 17.0 Å². The van der Waals surface area contributed by atoms with E-state index in [1.807, 2.05) is 13.8 Å². The van der Waals surface area contributed by atoms with Crippen LogP contribution in [0.15, 0.2) is 46.9 Å². The molecule has 2 aromatic rings. The molecule has 1 saturated carbocycles. The van der Waals surface area contributed by atoms with Crippen LogP contribution in [0.5, 0.6) is 0 Å². The van der Waals surface area contributed by atoms with Crippen LogP contribution in [0.4, 0.5) is 10.1 Å². The van der Waals surface area contributed by atoms with E-state index in [-0.39, 0.29) is 18.5 Å². The Hall–Kier alpha value is -2.46. The van der Waals surface area contributed by atoms with Gasteiger partial charge in [0.2, 0.25) is 21.8 Å². The summed E-state index contributed by atoms with van der Waals surface area (Å²) >= 11 is 3.41. The number of nitrogens with one attached hydrogen (secondary N) is 1. The molecule has 196 valence electrons. The predicted octanol–water partition coefficient (Wildman–Crippen LogP) is 4.53. The number of anilines is 1. The summed E-state index contributed by atoms with van der Waals surface area (Å²) in [6.07, 6.45) is 5.30. The van der Waals surface area contributed by atoms with Crippen molar-refractivity contribution in [3.63, 3.8) is 0 Å². The minimum atomic E-state index is -3.81. The Balaban J connectivity index is 1.92. The van der Waals surface area contributed by atoms with Gasteiger partial charge in [-0.05, 0) is 67.6 Å². The van der Waals surface area contributed by atoms with Crippen molar-refractivity contribution in [3.05, 3.63) is 63.9 Å². The highest BCUT2D eigenvalue weighted by atomic mass is 79.9. The van der Waals surface area contributed by atoms with E-state index in [0.717, 1.165) is 46.3 Å². The van der Waals surface area contributed by atoms with Crippen molar-refractivity contribution in [1.29, 1.82) is 0 Å². The van der Waals surface area contributed by atoms with Crippen LogP contribution in [-0.4, -0.2) is 50.0 Å². The van der Waals surface area contributed by atoms with Crippen molar-refractivity contribution in [2.75, 3.05) is 17.1 Å². The van der Waals surface area contributed by atoms with Gasteiger partial charge >= 0.3 is 0 Å². The second-order valence-electron chi connectivity index (χ2n) is 9.27. The second kappa shape index (κ2) is 12.2. The third-order valence-electron chi connectivity index (χ3n) is 6.46. The number of aryl methyl sites for hydroxylation is 1. The van der Waals surface area contributed by atoms with Gasteiger partial charge in [0.05, 0.1) is 11.9 Å². The highest BCUT2D eigenvalue weighted by Crippen LogP contribution is 2.25. The number of benzene rings is 2. The molecule has 1 aliphatic rings. The Morgan fingerprint density at radius 3 is 2.33 bits per heavy atom. The number of amides is 2. The minimum Gasteiger partial charge on any atom is -0.352 e. The lowest BCUT2D eigenvalue weighted by Crippen LogP contribution is -2.53. The van der Waals surface area contributed by atoms with Gasteiger partial charge in [0.25, 0.3) is 0 Å². The first-order valence-corrected chi connectivity index (χ1v) is 14.7. The van der Waals surface area contributed by atoms with E-state index in [0.29, 0.717) is 17.7 Å². The monoisotopic (exact) mass is 581 g/mol. The van der Waals surface area contributed by atoms with Crippen LogP contribution in [0, 0.1) is 12.7 Å². The summed E-state index contributed by atoms with van der Waals surface area (Å²) in [5.74, 6) is -1.18. The van der Waals surface area contributed by atoms with Crippen LogP contribution in [-0.2, 0) is 26.2 Å². The van der Waals surface area contributed by atoms with Crippen LogP contribution in [0.2, 0.25) is 0 Å². The van der Waals surface area contributed by atoms with Crippen LogP contribution in [0.3, 0.4) is 0 Å². The van der Waals surface area contributed by atoms with Crippen molar-refractivity contribution < 1.29 is 22.4 Å². The molecule has 36 heavy (non-hydrogen) atoms. The summed E-state index contributed by atoms with van der Waals surface area (Å²) in [6, 6.07) is 10.0. The average Bonchev–Trinajstić information content (AvgIpc) is 3.32. The molecule has 0 saturated heterocycles. The summed E-state index contributed by atoms with van der Waals surface area (Å²) < 4.78 is 40.8. The molecule has 10 heteroatoms. The fraction of sp³-hybridized carbons (Fsp3) is 0.462. The van der Waals surface area contributed by atoms with Gasteiger partial charge in [-0.15, -0.1) is 0 Å². The van der Waals surface area contributed by atoms with Crippen molar-refractivity contribution in [2.24, 2.45) is 0 Å². The smallest absolute Gasteiger partial charge is 0.244 e. The summed E-state index contributed by atoms with van der Waals surface area (Å²) in [5.41, 5.74) is 1.82. The van der Waals surface area contributed by atoms with Gasteiger partial charge in [-0.25, -0.2) is 12.8 Å². The Kier molecular flexibility index (Phi) is 9.52.